The Balaban J connectivity index is 1.64. The fourth-order valence-electron chi connectivity index (χ4n) is 3.08. The van der Waals surface area contributed by atoms with Crippen molar-refractivity contribution in [2.24, 2.45) is 0 Å². The van der Waals surface area contributed by atoms with E-state index >= 15 is 0 Å². The van der Waals surface area contributed by atoms with E-state index in [1.165, 1.54) is 28.9 Å². The van der Waals surface area contributed by atoms with Gasteiger partial charge in [-0.15, -0.1) is 0 Å². The van der Waals surface area contributed by atoms with E-state index in [1.807, 2.05) is 48.6 Å². The molecule has 4 aromatic rings. The lowest BCUT2D eigenvalue weighted by Gasteiger charge is -2.06. The molecule has 0 aliphatic carbocycles. The van der Waals surface area contributed by atoms with Crippen LogP contribution in [-0.2, 0) is 0 Å². The minimum atomic E-state index is -0.485. The van der Waals surface area contributed by atoms with Gasteiger partial charge in [0, 0.05) is 17.5 Å². The van der Waals surface area contributed by atoms with Gasteiger partial charge in [0.1, 0.15) is 5.75 Å². The molecule has 7 nitrogen and oxygen atoms in total. The SMILES string of the molecule is COc1ccc(C=Cc2ccc3c(=O)n(-c4ccc([N+](=O)[O-])cc4)ncc3c2)cc1. The third-order valence-electron chi connectivity index (χ3n) is 4.70. The van der Waals surface area contributed by atoms with Gasteiger partial charge in [-0.05, 0) is 47.5 Å². The third kappa shape index (κ3) is 3.81. The zero-order valence-electron chi connectivity index (χ0n) is 16.1. The minimum Gasteiger partial charge on any atom is -0.497 e. The van der Waals surface area contributed by atoms with Crippen LogP contribution in [0.1, 0.15) is 11.1 Å². The van der Waals surface area contributed by atoms with E-state index in [9.17, 15) is 14.9 Å². The van der Waals surface area contributed by atoms with E-state index in [-0.39, 0.29) is 11.2 Å². The Morgan fingerprint density at radius 2 is 1.63 bits per heavy atom. The summed E-state index contributed by atoms with van der Waals surface area (Å²) in [6.45, 7) is 0. The quantitative estimate of drug-likeness (QED) is 0.281. The average molecular weight is 399 g/mol. The van der Waals surface area contributed by atoms with Crippen molar-refractivity contribution in [2.75, 3.05) is 7.11 Å². The molecule has 30 heavy (non-hydrogen) atoms. The van der Waals surface area contributed by atoms with Crippen LogP contribution in [0.25, 0.3) is 28.6 Å². The maximum Gasteiger partial charge on any atom is 0.279 e. The van der Waals surface area contributed by atoms with Crippen LogP contribution in [0.4, 0.5) is 5.69 Å². The van der Waals surface area contributed by atoms with Crippen molar-refractivity contribution in [2.45, 2.75) is 0 Å². The number of rotatable bonds is 5. The summed E-state index contributed by atoms with van der Waals surface area (Å²) in [7, 11) is 1.63. The van der Waals surface area contributed by atoms with Crippen molar-refractivity contribution >= 4 is 28.6 Å². The lowest BCUT2D eigenvalue weighted by Crippen LogP contribution is -2.20. The van der Waals surface area contributed by atoms with Crippen LogP contribution in [0.2, 0.25) is 0 Å². The lowest BCUT2D eigenvalue weighted by atomic mass is 10.1. The number of benzene rings is 3. The van der Waals surface area contributed by atoms with Crippen LogP contribution in [0, 0.1) is 10.1 Å². The molecule has 0 fully saturated rings. The largest absolute Gasteiger partial charge is 0.497 e. The third-order valence-corrected chi connectivity index (χ3v) is 4.70. The van der Waals surface area contributed by atoms with Crippen molar-refractivity contribution in [3.05, 3.63) is 105 Å². The summed E-state index contributed by atoms with van der Waals surface area (Å²) in [6, 6.07) is 18.9. The monoisotopic (exact) mass is 399 g/mol. The number of nitro groups is 1. The van der Waals surface area contributed by atoms with Gasteiger partial charge in [0.15, 0.2) is 0 Å². The summed E-state index contributed by atoms with van der Waals surface area (Å²) in [4.78, 5) is 23.2. The fourth-order valence-corrected chi connectivity index (χ4v) is 3.08. The standard InChI is InChI=1S/C23H17N3O4/c1-30-21-11-4-16(5-12-21)2-3-17-6-13-22-18(14-17)15-24-25(23(22)27)19-7-9-20(10-8-19)26(28)29/h2-15H,1H3. The maximum absolute atomic E-state index is 12.8. The number of nitro benzene ring substituents is 1. The number of hydrogen-bond donors (Lipinski definition) is 0. The molecular formula is C23H17N3O4. The van der Waals surface area contributed by atoms with Gasteiger partial charge in [0.2, 0.25) is 0 Å². The number of hydrogen-bond acceptors (Lipinski definition) is 5. The number of fused-ring (bicyclic) bond motifs is 1. The summed E-state index contributed by atoms with van der Waals surface area (Å²) in [5.41, 5.74) is 2.11. The number of nitrogens with zero attached hydrogens (tertiary/aromatic N) is 3. The molecule has 0 radical (unpaired) electrons. The second kappa shape index (κ2) is 8.00. The number of ether oxygens (including phenoxy) is 1. The van der Waals surface area contributed by atoms with Crippen LogP contribution in [0.5, 0.6) is 5.75 Å². The molecule has 3 aromatic carbocycles. The molecule has 0 amide bonds. The Kier molecular flexibility index (Phi) is 5.09. The van der Waals surface area contributed by atoms with Crippen molar-refractivity contribution < 1.29 is 9.66 Å². The summed E-state index contributed by atoms with van der Waals surface area (Å²) in [6.07, 6.45) is 5.55. The highest BCUT2D eigenvalue weighted by Crippen LogP contribution is 2.18. The Labute approximate surface area is 171 Å². The highest BCUT2D eigenvalue weighted by atomic mass is 16.6. The molecule has 7 heteroatoms. The van der Waals surface area contributed by atoms with Gasteiger partial charge in [-0.1, -0.05) is 30.4 Å². The average Bonchev–Trinajstić information content (AvgIpc) is 2.78. The van der Waals surface area contributed by atoms with Crippen molar-refractivity contribution in [1.29, 1.82) is 0 Å². The van der Waals surface area contributed by atoms with Crippen LogP contribution in [0.3, 0.4) is 0 Å². The molecule has 0 aliphatic heterocycles. The molecule has 0 saturated heterocycles. The van der Waals surface area contributed by atoms with E-state index in [1.54, 1.807) is 19.4 Å². The highest BCUT2D eigenvalue weighted by Gasteiger charge is 2.09. The maximum atomic E-state index is 12.8. The van der Waals surface area contributed by atoms with Gasteiger partial charge in [-0.2, -0.15) is 9.78 Å². The van der Waals surface area contributed by atoms with Gasteiger partial charge < -0.3 is 4.74 Å². The Morgan fingerprint density at radius 3 is 2.30 bits per heavy atom. The zero-order chi connectivity index (χ0) is 21.1. The first-order chi connectivity index (χ1) is 14.5. The topological polar surface area (TPSA) is 87.3 Å². The van der Waals surface area contributed by atoms with E-state index in [4.69, 9.17) is 4.74 Å². The lowest BCUT2D eigenvalue weighted by molar-refractivity contribution is -0.384. The second-order valence-electron chi connectivity index (χ2n) is 6.59. The number of non-ortho nitro benzene ring substituents is 1. The predicted octanol–water partition coefficient (Wildman–Crippen LogP) is 4.47. The Hall–Kier alpha value is -4.26. The zero-order valence-corrected chi connectivity index (χ0v) is 16.1. The number of aromatic nitrogens is 2. The van der Waals surface area contributed by atoms with E-state index in [0.717, 1.165) is 22.3 Å². The molecule has 0 aliphatic rings. The van der Waals surface area contributed by atoms with Crippen molar-refractivity contribution in [3.8, 4) is 11.4 Å². The Morgan fingerprint density at radius 1 is 0.967 bits per heavy atom. The summed E-state index contributed by atoms with van der Waals surface area (Å²) < 4.78 is 6.39. The molecular weight excluding hydrogens is 382 g/mol. The molecule has 0 saturated carbocycles. The molecule has 0 bridgehead atoms. The molecule has 0 spiro atoms. The van der Waals surface area contributed by atoms with Crippen LogP contribution >= 0.6 is 0 Å². The van der Waals surface area contributed by atoms with Gasteiger partial charge in [-0.3, -0.25) is 14.9 Å². The Bertz CT molecular complexity index is 1310. The molecule has 0 atom stereocenters. The van der Waals surface area contributed by atoms with Crippen LogP contribution in [-0.4, -0.2) is 21.8 Å². The number of methoxy groups -OCH3 is 1. The summed E-state index contributed by atoms with van der Waals surface area (Å²) >= 11 is 0. The first-order valence-corrected chi connectivity index (χ1v) is 9.14. The van der Waals surface area contributed by atoms with Gasteiger partial charge in [0.25, 0.3) is 11.2 Å². The first kappa shape index (κ1) is 19.1. The normalized spacial score (nSPS) is 11.1. The molecule has 4 rings (SSSR count). The molecule has 0 N–H and O–H groups in total. The van der Waals surface area contributed by atoms with Crippen molar-refractivity contribution in [1.82, 2.24) is 9.78 Å². The van der Waals surface area contributed by atoms with Crippen LogP contribution in [0.15, 0.2) is 77.7 Å². The van der Waals surface area contributed by atoms with E-state index in [0.29, 0.717) is 11.1 Å². The van der Waals surface area contributed by atoms with Crippen LogP contribution < -0.4 is 10.3 Å². The van der Waals surface area contributed by atoms with Gasteiger partial charge in [0.05, 0.1) is 29.3 Å². The molecule has 1 aromatic heterocycles. The molecule has 148 valence electrons. The smallest absolute Gasteiger partial charge is 0.279 e. The first-order valence-electron chi connectivity index (χ1n) is 9.14. The molecule has 1 heterocycles. The summed E-state index contributed by atoms with van der Waals surface area (Å²) in [5.74, 6) is 0.799. The fraction of sp³-hybridized carbons (Fsp3) is 0.0435. The summed E-state index contributed by atoms with van der Waals surface area (Å²) in [5, 5.41) is 16.3. The van der Waals surface area contributed by atoms with E-state index in [2.05, 4.69) is 5.10 Å². The molecule has 0 unspecified atom stereocenters. The van der Waals surface area contributed by atoms with Gasteiger partial charge in [-0.25, -0.2) is 0 Å². The van der Waals surface area contributed by atoms with E-state index < -0.39 is 4.92 Å². The minimum absolute atomic E-state index is 0.0409. The predicted molar refractivity (Wildman–Crippen MR) is 116 cm³/mol. The van der Waals surface area contributed by atoms with Crippen molar-refractivity contribution in [3.63, 3.8) is 0 Å². The highest BCUT2D eigenvalue weighted by molar-refractivity contribution is 5.84. The van der Waals surface area contributed by atoms with Gasteiger partial charge >= 0.3 is 0 Å². The second-order valence-corrected chi connectivity index (χ2v) is 6.59.